The normalized spacial score (nSPS) is 24.4. The Morgan fingerprint density at radius 2 is 1.77 bits per heavy atom. The zero-order chi connectivity index (χ0) is 35.2. The van der Waals surface area contributed by atoms with Gasteiger partial charge >= 0.3 is 5.97 Å². The number of allylic oxidation sites excluding steroid dienone is 1. The number of carboxylic acid groups (broad SMARTS) is 1. The van der Waals surface area contributed by atoms with Gasteiger partial charge in [-0.1, -0.05) is 33.8 Å². The van der Waals surface area contributed by atoms with Crippen molar-refractivity contribution in [2.24, 2.45) is 34.4 Å². The van der Waals surface area contributed by atoms with Crippen molar-refractivity contribution in [3.8, 4) is 17.2 Å². The Balaban J connectivity index is 1.77. The van der Waals surface area contributed by atoms with Crippen LogP contribution in [0.15, 0.2) is 53.2 Å². The van der Waals surface area contributed by atoms with Crippen LogP contribution in [0.2, 0.25) is 0 Å². The van der Waals surface area contributed by atoms with Crippen LogP contribution >= 0.6 is 0 Å². The number of rotatable bonds is 14. The molecule has 2 aliphatic rings. The summed E-state index contributed by atoms with van der Waals surface area (Å²) in [7, 11) is 7.18. The number of hydrogen-bond acceptors (Lipinski definition) is 8. The van der Waals surface area contributed by atoms with Crippen LogP contribution in [0, 0.1) is 23.7 Å². The van der Waals surface area contributed by atoms with Gasteiger partial charge in [0.25, 0.3) is 5.91 Å². The summed E-state index contributed by atoms with van der Waals surface area (Å²) in [5.41, 5.74) is 7.45. The zero-order valence-electron chi connectivity index (χ0n) is 29.8. The first-order valence-electron chi connectivity index (χ1n) is 17.0. The number of ether oxygens (including phenoxy) is 3. The minimum absolute atomic E-state index is 0.101. The maximum atomic E-state index is 13.9. The highest BCUT2D eigenvalue weighted by Gasteiger charge is 2.56. The molecule has 2 aromatic carbocycles. The van der Waals surface area contributed by atoms with Crippen LogP contribution in [0.1, 0.15) is 76.8 Å². The molecule has 0 aliphatic heterocycles. The van der Waals surface area contributed by atoms with Gasteiger partial charge in [0.2, 0.25) is 0 Å². The standard InChI is InChI=1S/C38H54N4O6/c1-23(2)29-21-28(48-16-10-15-42(5)6)13-14-31(29)40-32(35-33(46-7)11-9-12-34(35)47-8)22-30(39)36(43)41-38(37(44)45)25(4)19-26-17-24(3)18-27(38)20-26/h9,11-14,21-27H,10,15-20,39H2,1-8H3,(H,41,43)(H,44,45)/b30-22-,40-32?. The van der Waals surface area contributed by atoms with E-state index in [0.29, 0.717) is 46.9 Å². The van der Waals surface area contributed by atoms with Gasteiger partial charge < -0.3 is 35.3 Å². The number of carboxylic acids is 1. The lowest BCUT2D eigenvalue weighted by molar-refractivity contribution is -0.158. The second-order valence-electron chi connectivity index (χ2n) is 14.2. The molecular weight excluding hydrogens is 608 g/mol. The van der Waals surface area contributed by atoms with Gasteiger partial charge in [0, 0.05) is 6.54 Å². The Morgan fingerprint density at radius 1 is 1.08 bits per heavy atom. The van der Waals surface area contributed by atoms with Gasteiger partial charge in [-0.2, -0.15) is 0 Å². The number of carbonyl (C=O) groups is 2. The number of nitrogens with zero attached hydrogens (tertiary/aromatic N) is 2. The maximum Gasteiger partial charge on any atom is 0.329 e. The second kappa shape index (κ2) is 15.9. The molecule has 10 nitrogen and oxygen atoms in total. The predicted octanol–water partition coefficient (Wildman–Crippen LogP) is 6.15. The number of aliphatic imine (C=N–C) groups is 1. The van der Waals surface area contributed by atoms with E-state index in [1.54, 1.807) is 32.4 Å². The number of nitrogens with two attached hydrogens (primary N) is 1. The molecule has 5 atom stereocenters. The average Bonchev–Trinajstić information content (AvgIpc) is 3.03. The fraction of sp³-hybridized carbons (Fsp3) is 0.553. The third-order valence-electron chi connectivity index (χ3n) is 9.94. The minimum atomic E-state index is -1.41. The molecule has 0 spiro atoms. The lowest BCUT2D eigenvalue weighted by Crippen LogP contribution is -2.67. The summed E-state index contributed by atoms with van der Waals surface area (Å²) in [6.07, 6.45) is 5.75. The van der Waals surface area contributed by atoms with E-state index in [9.17, 15) is 14.7 Å². The molecule has 2 bridgehead atoms. The monoisotopic (exact) mass is 662 g/mol. The van der Waals surface area contributed by atoms with Gasteiger partial charge in [-0.15, -0.1) is 0 Å². The highest BCUT2D eigenvalue weighted by molar-refractivity contribution is 6.16. The number of carbonyl (C=O) groups excluding carboxylic acids is 1. The highest BCUT2D eigenvalue weighted by Crippen LogP contribution is 2.50. The summed E-state index contributed by atoms with van der Waals surface area (Å²) in [6.45, 7) is 9.78. The SMILES string of the molecule is COc1cccc(OC)c1C(/C=C(\N)C(=O)NC1(C(=O)O)C(C)CC2CC(C)CC1C2)=Nc1ccc(OCCCN(C)C)cc1C(C)C. The predicted molar refractivity (Wildman–Crippen MR) is 189 cm³/mol. The van der Waals surface area contributed by atoms with E-state index < -0.39 is 17.4 Å². The second-order valence-corrected chi connectivity index (χ2v) is 14.2. The molecule has 0 heterocycles. The first-order chi connectivity index (χ1) is 22.8. The fourth-order valence-electron chi connectivity index (χ4n) is 7.69. The number of methoxy groups -OCH3 is 2. The molecule has 0 saturated heterocycles. The lowest BCUT2D eigenvalue weighted by Gasteiger charge is -2.52. The Morgan fingerprint density at radius 3 is 2.38 bits per heavy atom. The minimum Gasteiger partial charge on any atom is -0.496 e. The van der Waals surface area contributed by atoms with Crippen LogP contribution in [0.25, 0.3) is 0 Å². The summed E-state index contributed by atoms with van der Waals surface area (Å²) in [5.74, 6) is 0.592. The van der Waals surface area contributed by atoms with E-state index in [1.165, 1.54) is 6.08 Å². The van der Waals surface area contributed by atoms with E-state index in [2.05, 4.69) is 31.0 Å². The molecule has 10 heteroatoms. The summed E-state index contributed by atoms with van der Waals surface area (Å²) in [5, 5.41) is 13.6. The highest BCUT2D eigenvalue weighted by atomic mass is 16.5. The smallest absolute Gasteiger partial charge is 0.329 e. The van der Waals surface area contributed by atoms with Gasteiger partial charge in [0.15, 0.2) is 0 Å². The molecule has 2 aromatic rings. The van der Waals surface area contributed by atoms with Crippen molar-refractivity contribution in [1.82, 2.24) is 10.2 Å². The number of fused-ring (bicyclic) bond motifs is 2. The quantitative estimate of drug-likeness (QED) is 0.125. The number of benzene rings is 2. The van der Waals surface area contributed by atoms with E-state index in [0.717, 1.165) is 50.0 Å². The van der Waals surface area contributed by atoms with Crippen LogP contribution < -0.4 is 25.3 Å². The van der Waals surface area contributed by atoms with E-state index in [1.807, 2.05) is 39.2 Å². The average molecular weight is 663 g/mol. The maximum absolute atomic E-state index is 13.9. The molecule has 0 aromatic heterocycles. The number of amides is 1. The summed E-state index contributed by atoms with van der Waals surface area (Å²) < 4.78 is 17.5. The molecule has 2 saturated carbocycles. The van der Waals surface area contributed by atoms with Gasteiger partial charge in [-0.05, 0) is 118 Å². The molecule has 0 radical (unpaired) electrons. The molecular formula is C38H54N4O6. The molecule has 4 rings (SSSR count). The number of aliphatic carboxylic acids is 1. The van der Waals surface area contributed by atoms with E-state index in [-0.39, 0.29) is 23.5 Å². The summed E-state index contributed by atoms with van der Waals surface area (Å²) >= 11 is 0. The van der Waals surface area contributed by atoms with Crippen molar-refractivity contribution in [2.75, 3.05) is 41.5 Å². The Bertz CT molecular complexity index is 1490. The third-order valence-corrected chi connectivity index (χ3v) is 9.94. The first kappa shape index (κ1) is 36.8. The van der Waals surface area contributed by atoms with Crippen LogP contribution in [0.5, 0.6) is 17.2 Å². The summed E-state index contributed by atoms with van der Waals surface area (Å²) in [6, 6.07) is 11.2. The fourth-order valence-corrected chi connectivity index (χ4v) is 7.69. The Hall–Kier alpha value is -4.05. The van der Waals surface area contributed by atoms with Crippen molar-refractivity contribution in [1.29, 1.82) is 0 Å². The number of nitrogens with one attached hydrogen (secondary N) is 1. The molecule has 5 unspecified atom stereocenters. The van der Waals surface area contributed by atoms with Crippen LogP contribution in [-0.2, 0) is 9.59 Å². The van der Waals surface area contributed by atoms with E-state index >= 15 is 0 Å². The molecule has 48 heavy (non-hydrogen) atoms. The van der Waals surface area contributed by atoms with Crippen molar-refractivity contribution in [2.45, 2.75) is 71.3 Å². The molecule has 2 fully saturated rings. The Labute approximate surface area is 285 Å². The molecule has 1 amide bonds. The summed E-state index contributed by atoms with van der Waals surface area (Å²) in [4.78, 5) is 34.1. The molecule has 4 N–H and O–H groups in total. The largest absolute Gasteiger partial charge is 0.496 e. The molecule has 262 valence electrons. The van der Waals surface area contributed by atoms with Crippen molar-refractivity contribution in [3.63, 3.8) is 0 Å². The van der Waals surface area contributed by atoms with E-state index in [4.69, 9.17) is 24.9 Å². The van der Waals surface area contributed by atoms with Crippen LogP contribution in [0.3, 0.4) is 0 Å². The topological polar surface area (TPSA) is 136 Å². The van der Waals surface area contributed by atoms with Gasteiger partial charge in [0.1, 0.15) is 22.8 Å². The molecule has 2 aliphatic carbocycles. The van der Waals surface area contributed by atoms with Crippen LogP contribution in [0.4, 0.5) is 5.69 Å². The van der Waals surface area contributed by atoms with Gasteiger partial charge in [-0.25, -0.2) is 9.79 Å². The number of hydrogen-bond donors (Lipinski definition) is 3. The van der Waals surface area contributed by atoms with Gasteiger partial charge in [-0.3, -0.25) is 4.79 Å². The van der Waals surface area contributed by atoms with Gasteiger partial charge in [0.05, 0.1) is 43.5 Å². The van der Waals surface area contributed by atoms with Crippen molar-refractivity contribution < 1.29 is 28.9 Å². The lowest BCUT2D eigenvalue weighted by atomic mass is 9.56. The third kappa shape index (κ3) is 8.14. The Kier molecular flexibility index (Phi) is 12.2. The van der Waals surface area contributed by atoms with Crippen LogP contribution in [-0.4, -0.2) is 74.6 Å². The van der Waals surface area contributed by atoms with Crippen molar-refractivity contribution >= 4 is 23.3 Å². The van der Waals surface area contributed by atoms with Crippen molar-refractivity contribution in [3.05, 3.63) is 59.3 Å². The first-order valence-corrected chi connectivity index (χ1v) is 17.0. The zero-order valence-corrected chi connectivity index (χ0v) is 29.8.